The number of methoxy groups -OCH3 is 1. The molecule has 29 heavy (non-hydrogen) atoms. The lowest BCUT2D eigenvalue weighted by Crippen LogP contribution is -2.31. The lowest BCUT2D eigenvalue weighted by atomic mass is 10.1. The number of rotatable bonds is 7. The normalized spacial score (nSPS) is 12.5. The van der Waals surface area contributed by atoms with Crippen LogP contribution in [0.1, 0.15) is 17.4 Å². The Kier molecular flexibility index (Phi) is 5.87. The fourth-order valence-electron chi connectivity index (χ4n) is 2.83. The summed E-state index contributed by atoms with van der Waals surface area (Å²) in [6.45, 7) is 0. The molecule has 0 fully saturated rings. The predicted molar refractivity (Wildman–Crippen MR) is 106 cm³/mol. The molecule has 0 spiro atoms. The molecule has 0 aliphatic carbocycles. The molecule has 0 bridgehead atoms. The summed E-state index contributed by atoms with van der Waals surface area (Å²) < 4.78 is 35.6. The number of hydrogen-bond acceptors (Lipinski definition) is 6. The molecule has 1 atom stereocenters. The summed E-state index contributed by atoms with van der Waals surface area (Å²) in [4.78, 5) is 14.3. The Labute approximate surface area is 172 Å². The molecule has 0 radical (unpaired) electrons. The van der Waals surface area contributed by atoms with Crippen molar-refractivity contribution in [2.24, 2.45) is 7.05 Å². The van der Waals surface area contributed by atoms with Crippen LogP contribution >= 0.6 is 11.6 Å². The van der Waals surface area contributed by atoms with Crippen LogP contribution in [0.2, 0.25) is 5.02 Å². The van der Waals surface area contributed by atoms with E-state index in [4.69, 9.17) is 16.3 Å². The number of nitro groups is 1. The second kappa shape index (κ2) is 8.19. The number of sulfonamides is 1. The molecule has 152 valence electrons. The average Bonchev–Trinajstić information content (AvgIpc) is 3.11. The fraction of sp³-hybridized carbons (Fsp3) is 0.167. The van der Waals surface area contributed by atoms with E-state index in [-0.39, 0.29) is 5.02 Å². The van der Waals surface area contributed by atoms with E-state index in [0.29, 0.717) is 17.1 Å². The number of nitrogens with zero attached hydrogens (tertiary/aromatic N) is 3. The number of aryl methyl sites for hydroxylation is 1. The van der Waals surface area contributed by atoms with Gasteiger partial charge in [-0.25, -0.2) is 13.4 Å². The number of halogens is 1. The van der Waals surface area contributed by atoms with Gasteiger partial charge >= 0.3 is 0 Å². The molecular formula is C18H17ClN4O5S. The molecule has 1 aromatic heterocycles. The topological polar surface area (TPSA) is 116 Å². The van der Waals surface area contributed by atoms with E-state index in [1.807, 2.05) is 0 Å². The second-order valence-electron chi connectivity index (χ2n) is 6.10. The molecule has 0 aliphatic heterocycles. The third-order valence-corrected chi connectivity index (χ3v) is 5.93. The van der Waals surface area contributed by atoms with E-state index in [9.17, 15) is 18.5 Å². The standard InChI is InChI=1S/C18H17ClN4O5S/c1-22-9-8-20-18(22)17(12-4-3-5-14(10-12)28-2)21-29(26,27)16-7-6-13(19)11-15(16)23(24)25/h3-11,17,21H,1-2H3. The van der Waals surface area contributed by atoms with Crippen molar-refractivity contribution in [3.05, 3.63) is 81.4 Å². The van der Waals surface area contributed by atoms with Gasteiger partial charge in [0.15, 0.2) is 4.90 Å². The van der Waals surface area contributed by atoms with Gasteiger partial charge in [0.05, 0.1) is 12.0 Å². The maximum absolute atomic E-state index is 13.1. The zero-order valence-electron chi connectivity index (χ0n) is 15.4. The van der Waals surface area contributed by atoms with Crippen molar-refractivity contribution in [3.63, 3.8) is 0 Å². The minimum Gasteiger partial charge on any atom is -0.497 e. The number of nitrogens with one attached hydrogen (secondary N) is 1. The Balaban J connectivity index is 2.11. The number of aromatic nitrogens is 2. The first-order valence-electron chi connectivity index (χ1n) is 8.30. The number of ether oxygens (including phenoxy) is 1. The van der Waals surface area contributed by atoms with Crippen LogP contribution in [-0.2, 0) is 17.1 Å². The molecule has 0 aliphatic rings. The van der Waals surface area contributed by atoms with Crippen molar-refractivity contribution >= 4 is 27.3 Å². The Hall–Kier alpha value is -2.95. The molecular weight excluding hydrogens is 420 g/mol. The van der Waals surface area contributed by atoms with Gasteiger partial charge in [-0.3, -0.25) is 10.1 Å². The molecule has 1 N–H and O–H groups in total. The van der Waals surface area contributed by atoms with E-state index in [0.717, 1.165) is 12.1 Å². The Morgan fingerprint density at radius 1 is 1.28 bits per heavy atom. The van der Waals surface area contributed by atoms with Crippen LogP contribution < -0.4 is 9.46 Å². The number of nitro benzene ring substituents is 1. The van der Waals surface area contributed by atoms with Crippen LogP contribution in [-0.4, -0.2) is 30.0 Å². The SMILES string of the molecule is COc1cccc(C(NS(=O)(=O)c2ccc(Cl)cc2[N+](=O)[O-])c2nccn2C)c1. The molecule has 2 aromatic carbocycles. The van der Waals surface area contributed by atoms with Gasteiger partial charge in [-0.2, -0.15) is 4.72 Å². The van der Waals surface area contributed by atoms with Crippen LogP contribution in [0.4, 0.5) is 5.69 Å². The number of hydrogen-bond donors (Lipinski definition) is 1. The van der Waals surface area contributed by atoms with Crippen LogP contribution in [0, 0.1) is 10.1 Å². The van der Waals surface area contributed by atoms with Gasteiger partial charge < -0.3 is 9.30 Å². The van der Waals surface area contributed by atoms with Gasteiger partial charge in [0.1, 0.15) is 17.6 Å². The molecule has 0 saturated heterocycles. The average molecular weight is 437 g/mol. The number of benzene rings is 2. The summed E-state index contributed by atoms with van der Waals surface area (Å²) >= 11 is 5.80. The lowest BCUT2D eigenvalue weighted by Gasteiger charge is -2.20. The van der Waals surface area contributed by atoms with Crippen LogP contribution in [0.5, 0.6) is 5.75 Å². The van der Waals surface area contributed by atoms with Crippen LogP contribution in [0.3, 0.4) is 0 Å². The largest absolute Gasteiger partial charge is 0.497 e. The van der Waals surface area contributed by atoms with E-state index in [1.54, 1.807) is 42.1 Å². The molecule has 9 nitrogen and oxygen atoms in total. The van der Waals surface area contributed by atoms with Gasteiger partial charge in [0.25, 0.3) is 5.69 Å². The quantitative estimate of drug-likeness (QED) is 0.449. The molecule has 1 heterocycles. The molecule has 11 heteroatoms. The highest BCUT2D eigenvalue weighted by atomic mass is 35.5. The highest BCUT2D eigenvalue weighted by molar-refractivity contribution is 7.89. The minimum absolute atomic E-state index is 0.0593. The second-order valence-corrected chi connectivity index (χ2v) is 8.22. The fourth-order valence-corrected chi connectivity index (χ4v) is 4.33. The summed E-state index contributed by atoms with van der Waals surface area (Å²) in [5, 5.41) is 11.4. The molecule has 0 amide bonds. The summed E-state index contributed by atoms with van der Waals surface area (Å²) in [6.07, 6.45) is 3.20. The minimum atomic E-state index is -4.31. The van der Waals surface area contributed by atoms with E-state index in [2.05, 4.69) is 9.71 Å². The van der Waals surface area contributed by atoms with E-state index >= 15 is 0 Å². The zero-order chi connectivity index (χ0) is 21.2. The predicted octanol–water partition coefficient (Wildman–Crippen LogP) is 3.06. The van der Waals surface area contributed by atoms with Gasteiger partial charge in [-0.1, -0.05) is 23.7 Å². The number of imidazole rings is 1. The third-order valence-electron chi connectivity index (χ3n) is 4.22. The highest BCUT2D eigenvalue weighted by Crippen LogP contribution is 2.30. The van der Waals surface area contributed by atoms with Gasteiger partial charge in [0.2, 0.25) is 10.0 Å². The zero-order valence-corrected chi connectivity index (χ0v) is 17.0. The van der Waals surface area contributed by atoms with Crippen molar-refractivity contribution < 1.29 is 18.1 Å². The van der Waals surface area contributed by atoms with Crippen LogP contribution in [0.15, 0.2) is 59.8 Å². The first kappa shape index (κ1) is 20.8. The van der Waals surface area contributed by atoms with E-state index < -0.39 is 31.6 Å². The van der Waals surface area contributed by atoms with Crippen molar-refractivity contribution in [2.45, 2.75) is 10.9 Å². The Bertz CT molecular complexity index is 1160. The van der Waals surface area contributed by atoms with Crippen molar-refractivity contribution in [1.82, 2.24) is 14.3 Å². The maximum Gasteiger partial charge on any atom is 0.290 e. The lowest BCUT2D eigenvalue weighted by molar-refractivity contribution is -0.387. The Morgan fingerprint density at radius 2 is 2.03 bits per heavy atom. The first-order chi connectivity index (χ1) is 13.7. The molecule has 3 rings (SSSR count). The van der Waals surface area contributed by atoms with E-state index in [1.165, 1.54) is 19.4 Å². The van der Waals surface area contributed by atoms with Gasteiger partial charge in [0, 0.05) is 30.5 Å². The molecule has 0 saturated carbocycles. The maximum atomic E-state index is 13.1. The van der Waals surface area contributed by atoms with Gasteiger partial charge in [-0.15, -0.1) is 0 Å². The summed E-state index contributed by atoms with van der Waals surface area (Å²) in [6, 6.07) is 9.27. The van der Waals surface area contributed by atoms with Crippen LogP contribution in [0.25, 0.3) is 0 Å². The monoisotopic (exact) mass is 436 g/mol. The van der Waals surface area contributed by atoms with Crippen molar-refractivity contribution in [2.75, 3.05) is 7.11 Å². The molecule has 3 aromatic rings. The van der Waals surface area contributed by atoms with Crippen molar-refractivity contribution in [1.29, 1.82) is 0 Å². The highest BCUT2D eigenvalue weighted by Gasteiger charge is 2.31. The summed E-state index contributed by atoms with van der Waals surface area (Å²) in [5.41, 5.74) is -0.0620. The Morgan fingerprint density at radius 3 is 2.66 bits per heavy atom. The summed E-state index contributed by atoms with van der Waals surface area (Å²) in [7, 11) is -1.09. The third kappa shape index (κ3) is 4.39. The van der Waals surface area contributed by atoms with Crippen molar-refractivity contribution in [3.8, 4) is 5.75 Å². The summed E-state index contributed by atoms with van der Waals surface area (Å²) in [5.74, 6) is 0.928. The molecule has 1 unspecified atom stereocenters. The smallest absolute Gasteiger partial charge is 0.290 e. The first-order valence-corrected chi connectivity index (χ1v) is 10.2. The van der Waals surface area contributed by atoms with Gasteiger partial charge in [-0.05, 0) is 29.8 Å².